The molecule has 0 heterocycles. The summed E-state index contributed by atoms with van der Waals surface area (Å²) in [5, 5.41) is 9.58. The molecule has 0 aliphatic carbocycles. The average Bonchev–Trinajstić information content (AvgIpc) is 2.52. The zero-order chi connectivity index (χ0) is 15.1. The summed E-state index contributed by atoms with van der Waals surface area (Å²) in [5.41, 5.74) is 0.936. The minimum atomic E-state index is -0.435. The summed E-state index contributed by atoms with van der Waals surface area (Å²) in [5.74, 6) is 2.35. The number of ether oxygens (including phenoxy) is 2. The Morgan fingerprint density at radius 3 is 2.57 bits per heavy atom. The summed E-state index contributed by atoms with van der Waals surface area (Å²) >= 11 is 1.71. The molecule has 1 unspecified atom stereocenters. The molecule has 0 aromatic heterocycles. The monoisotopic (exact) mass is 304 g/mol. The quantitative estimate of drug-likeness (QED) is 0.621. The summed E-state index contributed by atoms with van der Waals surface area (Å²) in [6.07, 6.45) is -0.435. The third-order valence-electron chi connectivity index (χ3n) is 3.02. The molecule has 1 N–H and O–H groups in total. The van der Waals surface area contributed by atoms with Crippen LogP contribution in [0.4, 0.5) is 0 Å². The molecular weight excluding hydrogens is 284 g/mol. The van der Waals surface area contributed by atoms with Gasteiger partial charge in [-0.05, 0) is 36.8 Å². The van der Waals surface area contributed by atoms with Crippen molar-refractivity contribution in [2.75, 3.05) is 19.5 Å². The molecule has 21 heavy (non-hydrogen) atoms. The third-order valence-corrected chi connectivity index (χ3v) is 3.98. The normalized spacial score (nSPS) is 12.0. The molecule has 4 heteroatoms. The highest BCUT2D eigenvalue weighted by Gasteiger charge is 2.04. The summed E-state index contributed by atoms with van der Waals surface area (Å²) in [6.45, 7) is 2.37. The van der Waals surface area contributed by atoms with E-state index in [1.165, 1.54) is 0 Å². The lowest BCUT2D eigenvalue weighted by Gasteiger charge is -2.10. The molecule has 0 saturated heterocycles. The minimum Gasteiger partial charge on any atom is -0.493 e. The van der Waals surface area contributed by atoms with Crippen molar-refractivity contribution in [2.24, 2.45) is 0 Å². The van der Waals surface area contributed by atoms with Gasteiger partial charge in [0.1, 0.15) is 0 Å². The first-order valence-electron chi connectivity index (χ1n) is 6.87. The predicted molar refractivity (Wildman–Crippen MR) is 86.3 cm³/mol. The molecule has 2 rings (SSSR count). The Morgan fingerprint density at radius 2 is 1.86 bits per heavy atom. The molecule has 0 aliphatic rings. The summed E-state index contributed by atoms with van der Waals surface area (Å²) < 4.78 is 11.0. The number of benzene rings is 2. The van der Waals surface area contributed by atoms with Gasteiger partial charge in [0, 0.05) is 10.6 Å². The van der Waals surface area contributed by atoms with E-state index in [9.17, 15) is 5.11 Å². The van der Waals surface area contributed by atoms with Crippen molar-refractivity contribution >= 4 is 11.8 Å². The van der Waals surface area contributed by atoms with Crippen LogP contribution in [0.2, 0.25) is 0 Å². The molecule has 0 fully saturated rings. The number of aliphatic hydroxyl groups is 1. The van der Waals surface area contributed by atoms with Gasteiger partial charge in [-0.2, -0.15) is 0 Å². The van der Waals surface area contributed by atoms with Gasteiger partial charge in [-0.1, -0.05) is 24.3 Å². The van der Waals surface area contributed by atoms with Gasteiger partial charge in [0.15, 0.2) is 11.5 Å². The van der Waals surface area contributed by atoms with Crippen molar-refractivity contribution in [1.82, 2.24) is 0 Å². The first-order valence-corrected chi connectivity index (χ1v) is 7.86. The van der Waals surface area contributed by atoms with E-state index in [1.807, 2.05) is 48.5 Å². The maximum absolute atomic E-state index is 9.58. The zero-order valence-electron chi connectivity index (χ0n) is 12.3. The van der Waals surface area contributed by atoms with Crippen LogP contribution in [0.5, 0.6) is 11.5 Å². The Balaban J connectivity index is 1.83. The van der Waals surface area contributed by atoms with Gasteiger partial charge in [-0.3, -0.25) is 0 Å². The van der Waals surface area contributed by atoms with Gasteiger partial charge < -0.3 is 14.6 Å². The molecule has 0 aliphatic heterocycles. The second kappa shape index (κ2) is 7.96. The Kier molecular flexibility index (Phi) is 5.96. The Labute approximate surface area is 129 Å². The Bertz CT molecular complexity index is 569. The SMILES string of the molecule is COc1ccccc1OCCSc1cccc(C(C)O)c1. The van der Waals surface area contributed by atoms with Gasteiger partial charge in [0.05, 0.1) is 19.8 Å². The number of rotatable bonds is 7. The lowest BCUT2D eigenvalue weighted by atomic mass is 10.1. The topological polar surface area (TPSA) is 38.7 Å². The van der Waals surface area contributed by atoms with Crippen LogP contribution in [0.25, 0.3) is 0 Å². The lowest BCUT2D eigenvalue weighted by molar-refractivity contribution is 0.199. The molecule has 0 bridgehead atoms. The van der Waals surface area contributed by atoms with Crippen molar-refractivity contribution < 1.29 is 14.6 Å². The number of hydrogen-bond acceptors (Lipinski definition) is 4. The lowest BCUT2D eigenvalue weighted by Crippen LogP contribution is -2.01. The third kappa shape index (κ3) is 4.69. The van der Waals surface area contributed by atoms with Crippen molar-refractivity contribution in [3.63, 3.8) is 0 Å². The van der Waals surface area contributed by atoms with Gasteiger partial charge in [0.2, 0.25) is 0 Å². The number of para-hydroxylation sites is 2. The molecule has 2 aromatic rings. The fourth-order valence-corrected chi connectivity index (χ4v) is 2.71. The smallest absolute Gasteiger partial charge is 0.161 e. The van der Waals surface area contributed by atoms with Crippen molar-refractivity contribution in [1.29, 1.82) is 0 Å². The Hall–Kier alpha value is -1.65. The van der Waals surface area contributed by atoms with Crippen LogP contribution >= 0.6 is 11.8 Å². The fraction of sp³-hybridized carbons (Fsp3) is 0.294. The van der Waals surface area contributed by atoms with Crippen LogP contribution in [-0.2, 0) is 0 Å². The van der Waals surface area contributed by atoms with E-state index in [2.05, 4.69) is 0 Å². The fourth-order valence-electron chi connectivity index (χ4n) is 1.91. The zero-order valence-corrected chi connectivity index (χ0v) is 13.1. The number of hydrogen-bond donors (Lipinski definition) is 1. The second-order valence-corrected chi connectivity index (χ2v) is 5.76. The first kappa shape index (κ1) is 15.7. The van der Waals surface area contributed by atoms with Crippen LogP contribution in [-0.4, -0.2) is 24.6 Å². The number of aliphatic hydroxyl groups excluding tert-OH is 1. The van der Waals surface area contributed by atoms with Gasteiger partial charge in [-0.25, -0.2) is 0 Å². The van der Waals surface area contributed by atoms with E-state index < -0.39 is 6.10 Å². The predicted octanol–water partition coefficient (Wildman–Crippen LogP) is 3.92. The average molecular weight is 304 g/mol. The molecule has 112 valence electrons. The van der Waals surface area contributed by atoms with E-state index in [0.717, 1.165) is 27.7 Å². The molecule has 0 amide bonds. The molecule has 0 saturated carbocycles. The van der Waals surface area contributed by atoms with E-state index >= 15 is 0 Å². The maximum atomic E-state index is 9.58. The summed E-state index contributed by atoms with van der Waals surface area (Å²) in [4.78, 5) is 1.14. The van der Waals surface area contributed by atoms with E-state index in [1.54, 1.807) is 25.8 Å². The van der Waals surface area contributed by atoms with Gasteiger partial charge in [0.25, 0.3) is 0 Å². The molecule has 0 spiro atoms. The summed E-state index contributed by atoms with van der Waals surface area (Å²) in [7, 11) is 1.64. The highest BCUT2D eigenvalue weighted by Crippen LogP contribution is 2.27. The maximum Gasteiger partial charge on any atom is 0.161 e. The van der Waals surface area contributed by atoms with Crippen LogP contribution in [0.3, 0.4) is 0 Å². The van der Waals surface area contributed by atoms with Crippen LogP contribution in [0, 0.1) is 0 Å². The number of thioether (sulfide) groups is 1. The van der Waals surface area contributed by atoms with Crippen molar-refractivity contribution in [3.8, 4) is 11.5 Å². The van der Waals surface area contributed by atoms with Crippen molar-refractivity contribution in [2.45, 2.75) is 17.9 Å². The molecule has 2 aromatic carbocycles. The van der Waals surface area contributed by atoms with Crippen LogP contribution < -0.4 is 9.47 Å². The highest BCUT2D eigenvalue weighted by atomic mass is 32.2. The molecular formula is C17H20O3S. The van der Waals surface area contributed by atoms with E-state index in [-0.39, 0.29) is 0 Å². The van der Waals surface area contributed by atoms with Crippen LogP contribution in [0.1, 0.15) is 18.6 Å². The molecule has 1 atom stereocenters. The molecule has 0 radical (unpaired) electrons. The van der Waals surface area contributed by atoms with E-state index in [0.29, 0.717) is 6.61 Å². The second-order valence-electron chi connectivity index (χ2n) is 4.60. The highest BCUT2D eigenvalue weighted by molar-refractivity contribution is 7.99. The standard InChI is InChI=1S/C17H20O3S/c1-13(18)14-6-5-7-15(12-14)21-11-10-20-17-9-4-3-8-16(17)19-2/h3-9,12-13,18H,10-11H2,1-2H3. The Morgan fingerprint density at radius 1 is 1.10 bits per heavy atom. The van der Waals surface area contributed by atoms with Gasteiger partial charge in [-0.15, -0.1) is 11.8 Å². The van der Waals surface area contributed by atoms with Crippen molar-refractivity contribution in [3.05, 3.63) is 54.1 Å². The van der Waals surface area contributed by atoms with Gasteiger partial charge >= 0.3 is 0 Å². The minimum absolute atomic E-state index is 0.435. The first-order chi connectivity index (χ1) is 10.2. The van der Waals surface area contributed by atoms with E-state index in [4.69, 9.17) is 9.47 Å². The molecule has 3 nitrogen and oxygen atoms in total. The van der Waals surface area contributed by atoms with Crippen LogP contribution in [0.15, 0.2) is 53.4 Å². The number of methoxy groups -OCH3 is 1. The summed E-state index contributed by atoms with van der Waals surface area (Å²) in [6, 6.07) is 15.6. The largest absolute Gasteiger partial charge is 0.493 e.